The van der Waals surface area contributed by atoms with Gasteiger partial charge in [0, 0.05) is 36.8 Å². The van der Waals surface area contributed by atoms with Gasteiger partial charge in [-0.05, 0) is 25.0 Å². The van der Waals surface area contributed by atoms with Gasteiger partial charge in [0.25, 0.3) is 5.69 Å². The lowest BCUT2D eigenvalue weighted by molar-refractivity contribution is -0.385. The summed E-state index contributed by atoms with van der Waals surface area (Å²) in [5.41, 5.74) is 10.4. The summed E-state index contributed by atoms with van der Waals surface area (Å²) in [7, 11) is 0. The molecule has 0 radical (unpaired) electrons. The third kappa shape index (κ3) is 5.15. The van der Waals surface area contributed by atoms with Crippen molar-refractivity contribution in [3.05, 3.63) is 52.1 Å². The van der Waals surface area contributed by atoms with E-state index >= 15 is 0 Å². The summed E-state index contributed by atoms with van der Waals surface area (Å²) in [6.07, 6.45) is 5.23. The van der Waals surface area contributed by atoms with E-state index in [9.17, 15) is 14.9 Å². The summed E-state index contributed by atoms with van der Waals surface area (Å²) in [4.78, 5) is 33.8. The number of H-pyrrole nitrogens is 1. The molecule has 0 fully saturated rings. The fourth-order valence-corrected chi connectivity index (χ4v) is 3.03. The molecule has 1 aromatic heterocycles. The molecule has 2 aromatic rings. The number of imidazole rings is 1. The number of aromatic nitrogens is 2. The molecular formula is C18H22N8O3. The molecule has 0 bridgehead atoms. The van der Waals surface area contributed by atoms with Crippen molar-refractivity contribution < 1.29 is 9.72 Å². The first kappa shape index (κ1) is 20.0. The molecule has 0 spiro atoms. The number of nitro groups is 1. The lowest BCUT2D eigenvalue weighted by atomic mass is 9.93. The number of carbonyl (C=O) groups excluding carboxylic acids is 1. The number of anilines is 1. The van der Waals surface area contributed by atoms with Crippen molar-refractivity contribution >= 4 is 29.0 Å². The average molecular weight is 398 g/mol. The molecule has 152 valence electrons. The van der Waals surface area contributed by atoms with E-state index in [1.807, 2.05) is 6.20 Å². The van der Waals surface area contributed by atoms with Crippen LogP contribution in [0.5, 0.6) is 0 Å². The number of nitrogens with zero attached hydrogens (tertiary/aromatic N) is 4. The number of amides is 1. The highest BCUT2D eigenvalue weighted by atomic mass is 16.6. The van der Waals surface area contributed by atoms with Gasteiger partial charge >= 0.3 is 0 Å². The van der Waals surface area contributed by atoms with Crippen molar-refractivity contribution in [1.29, 1.82) is 0 Å². The Balaban J connectivity index is 1.68. The van der Waals surface area contributed by atoms with Crippen LogP contribution in [0.4, 0.5) is 11.4 Å². The number of aryl methyl sites for hydroxylation is 1. The van der Waals surface area contributed by atoms with Gasteiger partial charge in [-0.25, -0.2) is 10.4 Å². The number of aliphatic imine (C=N–C) groups is 1. The highest BCUT2D eigenvalue weighted by Crippen LogP contribution is 2.28. The molecule has 2 heterocycles. The number of hydrogen-bond acceptors (Lipinski definition) is 6. The van der Waals surface area contributed by atoms with Crippen molar-refractivity contribution in [3.8, 4) is 0 Å². The molecule has 1 amide bonds. The maximum Gasteiger partial charge on any atom is 0.280 e. The Kier molecular flexibility index (Phi) is 6.17. The number of guanidine groups is 1. The Morgan fingerprint density at radius 1 is 1.48 bits per heavy atom. The molecule has 3 rings (SSSR count). The second kappa shape index (κ2) is 8.95. The molecule has 1 aliphatic rings. The molecule has 0 aliphatic carbocycles. The minimum Gasteiger partial charge on any atom is -0.370 e. The fourth-order valence-electron chi connectivity index (χ4n) is 3.03. The Morgan fingerprint density at radius 2 is 2.31 bits per heavy atom. The molecule has 0 saturated carbocycles. The number of carbonyl (C=O) groups is 1. The van der Waals surface area contributed by atoms with Gasteiger partial charge < -0.3 is 16.0 Å². The maximum absolute atomic E-state index is 11.6. The van der Waals surface area contributed by atoms with Gasteiger partial charge in [0.05, 0.1) is 28.2 Å². The summed E-state index contributed by atoms with van der Waals surface area (Å²) < 4.78 is 0. The van der Waals surface area contributed by atoms with Gasteiger partial charge in [0.15, 0.2) is 5.96 Å². The average Bonchev–Trinajstić information content (AvgIpc) is 3.19. The Morgan fingerprint density at radius 3 is 3.00 bits per heavy atom. The molecule has 1 aromatic carbocycles. The second-order valence-corrected chi connectivity index (χ2v) is 6.68. The molecular weight excluding hydrogens is 376 g/mol. The topological polar surface area (TPSA) is 164 Å². The van der Waals surface area contributed by atoms with Gasteiger partial charge in [0.2, 0.25) is 5.91 Å². The maximum atomic E-state index is 11.6. The first-order chi connectivity index (χ1) is 13.9. The highest BCUT2D eigenvalue weighted by Gasteiger charge is 2.27. The van der Waals surface area contributed by atoms with E-state index in [0.717, 1.165) is 18.5 Å². The first-order valence-electron chi connectivity index (χ1n) is 9.14. The van der Waals surface area contributed by atoms with Crippen molar-refractivity contribution in [2.75, 3.05) is 11.9 Å². The largest absolute Gasteiger partial charge is 0.370 e. The number of nitrogens with two attached hydrogens (primary N) is 1. The number of rotatable bonds is 7. The van der Waals surface area contributed by atoms with Crippen molar-refractivity contribution in [1.82, 2.24) is 15.4 Å². The van der Waals surface area contributed by atoms with Crippen LogP contribution in [0.3, 0.4) is 0 Å². The summed E-state index contributed by atoms with van der Waals surface area (Å²) in [6.45, 7) is 2.31. The predicted octanol–water partition coefficient (Wildman–Crippen LogP) is 1.54. The van der Waals surface area contributed by atoms with Crippen LogP contribution in [-0.2, 0) is 11.2 Å². The lowest BCUT2D eigenvalue weighted by Crippen LogP contribution is -2.32. The van der Waals surface area contributed by atoms with E-state index in [0.29, 0.717) is 23.5 Å². The van der Waals surface area contributed by atoms with E-state index in [2.05, 4.69) is 30.8 Å². The highest BCUT2D eigenvalue weighted by molar-refractivity contribution is 6.08. The third-order valence-corrected chi connectivity index (χ3v) is 4.43. The Labute approximate surface area is 166 Å². The number of nitrogens with one attached hydrogen (secondary N) is 3. The minimum atomic E-state index is -0.483. The molecule has 1 aliphatic heterocycles. The molecule has 0 saturated heterocycles. The van der Waals surface area contributed by atoms with Gasteiger partial charge in [-0.1, -0.05) is 6.92 Å². The summed E-state index contributed by atoms with van der Waals surface area (Å²) in [5.74, 6) is -0.259. The fraction of sp³-hybridized carbons (Fsp3) is 0.333. The van der Waals surface area contributed by atoms with Gasteiger partial charge in [0.1, 0.15) is 0 Å². The van der Waals surface area contributed by atoms with Crippen LogP contribution in [-0.4, -0.2) is 39.0 Å². The molecule has 5 N–H and O–H groups in total. The molecule has 1 atom stereocenters. The summed E-state index contributed by atoms with van der Waals surface area (Å²) in [5, 5.41) is 18.4. The van der Waals surface area contributed by atoms with Crippen LogP contribution in [0.25, 0.3) is 0 Å². The van der Waals surface area contributed by atoms with Gasteiger partial charge in [-0.3, -0.25) is 19.9 Å². The number of aromatic amines is 1. The zero-order valence-electron chi connectivity index (χ0n) is 15.9. The molecule has 11 nitrogen and oxygen atoms in total. The van der Waals surface area contributed by atoms with Crippen molar-refractivity contribution in [2.45, 2.75) is 26.2 Å². The van der Waals surface area contributed by atoms with Crippen LogP contribution < -0.4 is 16.5 Å². The van der Waals surface area contributed by atoms with Crippen LogP contribution in [0.1, 0.15) is 31.0 Å². The Hall–Kier alpha value is -3.76. The monoisotopic (exact) mass is 398 g/mol. The molecule has 11 heteroatoms. The minimum absolute atomic E-state index is 0.122. The first-order valence-corrected chi connectivity index (χ1v) is 9.14. The third-order valence-electron chi connectivity index (χ3n) is 4.43. The number of nitro benzene ring substituents is 1. The number of hydrazone groups is 1. The van der Waals surface area contributed by atoms with E-state index in [4.69, 9.17) is 5.73 Å². The van der Waals surface area contributed by atoms with Crippen LogP contribution in [0, 0.1) is 16.0 Å². The lowest BCUT2D eigenvalue weighted by Gasteiger charge is -2.19. The zero-order chi connectivity index (χ0) is 20.8. The van der Waals surface area contributed by atoms with Crippen LogP contribution >= 0.6 is 0 Å². The van der Waals surface area contributed by atoms with Gasteiger partial charge in [-0.2, -0.15) is 5.10 Å². The normalized spacial score (nSPS) is 16.9. The number of benzene rings is 1. The van der Waals surface area contributed by atoms with E-state index < -0.39 is 4.92 Å². The quantitative estimate of drug-likeness (QED) is 0.182. The van der Waals surface area contributed by atoms with E-state index in [1.54, 1.807) is 25.4 Å². The van der Waals surface area contributed by atoms with Crippen LogP contribution in [0.2, 0.25) is 0 Å². The van der Waals surface area contributed by atoms with E-state index in [-0.39, 0.29) is 29.9 Å². The van der Waals surface area contributed by atoms with E-state index in [1.165, 1.54) is 6.07 Å². The van der Waals surface area contributed by atoms with Crippen molar-refractivity contribution in [2.24, 2.45) is 21.7 Å². The molecule has 1 unspecified atom stereocenters. The Bertz CT molecular complexity index is 952. The second-order valence-electron chi connectivity index (χ2n) is 6.68. The predicted molar refractivity (Wildman–Crippen MR) is 109 cm³/mol. The van der Waals surface area contributed by atoms with Crippen molar-refractivity contribution in [3.63, 3.8) is 0 Å². The summed E-state index contributed by atoms with van der Waals surface area (Å²) in [6, 6.07) is 4.64. The summed E-state index contributed by atoms with van der Waals surface area (Å²) >= 11 is 0. The SMILES string of the molecule is CC1CC(=O)NN=C1c1ccc(NC(N)=NCCCc2c[nH]cn2)cc1[N+](=O)[O-]. The van der Waals surface area contributed by atoms with Gasteiger partial charge in [-0.15, -0.1) is 0 Å². The zero-order valence-corrected chi connectivity index (χ0v) is 15.9. The number of hydrogen-bond donors (Lipinski definition) is 4. The van der Waals surface area contributed by atoms with Crippen LogP contribution in [0.15, 0.2) is 40.8 Å². The smallest absolute Gasteiger partial charge is 0.280 e. The molecule has 29 heavy (non-hydrogen) atoms. The standard InChI is InChI=1S/C18H22N8O3/c1-11-7-16(27)24-25-17(11)14-5-4-12(8-15(14)26(28)29)23-18(19)21-6-2-3-13-9-20-10-22-13/h4-5,8-11H,2-3,6-7H2,1H3,(H,20,22)(H,24,27)(H3,19,21,23).